The molecule has 0 aliphatic heterocycles. The molecule has 2 heterocycles. The number of tetrazole rings is 1. The molecule has 3 aromatic carbocycles. The Hall–Kier alpha value is -4.59. The van der Waals surface area contributed by atoms with E-state index in [-0.39, 0.29) is 5.56 Å². The molecule has 5 aromatic rings. The van der Waals surface area contributed by atoms with Gasteiger partial charge in [0, 0.05) is 24.0 Å². The number of rotatable bonds is 8. The van der Waals surface area contributed by atoms with Crippen molar-refractivity contribution >= 4 is 22.7 Å². The Bertz CT molecular complexity index is 1470. The molecular weight excluding hydrogens is 440 g/mol. The third-order valence-electron chi connectivity index (χ3n) is 5.89. The molecule has 0 radical (unpaired) electrons. The highest BCUT2D eigenvalue weighted by molar-refractivity contribution is 5.98. The highest BCUT2D eigenvalue weighted by Gasteiger charge is 2.19. The molecule has 0 atom stereocenters. The Morgan fingerprint density at radius 1 is 0.971 bits per heavy atom. The highest BCUT2D eigenvalue weighted by atomic mass is 16.4. The minimum atomic E-state index is -0.979. The van der Waals surface area contributed by atoms with Gasteiger partial charge >= 0.3 is 5.97 Å². The molecule has 0 fully saturated rings. The summed E-state index contributed by atoms with van der Waals surface area (Å²) in [7, 11) is 0. The first-order valence-electron chi connectivity index (χ1n) is 11.4. The molecule has 0 spiro atoms. The summed E-state index contributed by atoms with van der Waals surface area (Å²) in [5.74, 6) is 0.126. The Kier molecular flexibility index (Phi) is 6.17. The van der Waals surface area contributed by atoms with Gasteiger partial charge in [-0.1, -0.05) is 73.7 Å². The van der Waals surface area contributed by atoms with Crippen LogP contribution in [0.15, 0.2) is 78.9 Å². The van der Waals surface area contributed by atoms with Crippen LogP contribution in [0.25, 0.3) is 33.4 Å². The maximum atomic E-state index is 12.1. The van der Waals surface area contributed by atoms with Crippen molar-refractivity contribution in [2.75, 3.05) is 11.4 Å². The Morgan fingerprint density at radius 3 is 2.43 bits per heavy atom. The second-order valence-electron chi connectivity index (χ2n) is 8.27. The van der Waals surface area contributed by atoms with Crippen molar-refractivity contribution in [1.29, 1.82) is 0 Å². The summed E-state index contributed by atoms with van der Waals surface area (Å²) in [4.78, 5) is 18.9. The van der Waals surface area contributed by atoms with Gasteiger partial charge < -0.3 is 10.0 Å². The van der Waals surface area contributed by atoms with Gasteiger partial charge in [0.25, 0.3) is 0 Å². The number of aromatic carboxylic acids is 1. The van der Waals surface area contributed by atoms with Crippen molar-refractivity contribution in [3.05, 3.63) is 90.0 Å². The van der Waals surface area contributed by atoms with Crippen LogP contribution in [-0.2, 0) is 6.54 Å². The molecule has 2 aromatic heterocycles. The quantitative estimate of drug-likeness (QED) is 0.325. The van der Waals surface area contributed by atoms with E-state index >= 15 is 0 Å². The molecule has 0 saturated heterocycles. The van der Waals surface area contributed by atoms with Crippen LogP contribution < -0.4 is 4.90 Å². The number of hydrogen-bond donors (Lipinski definition) is 2. The van der Waals surface area contributed by atoms with E-state index in [9.17, 15) is 9.90 Å². The fourth-order valence-corrected chi connectivity index (χ4v) is 4.26. The number of aromatic nitrogens is 5. The van der Waals surface area contributed by atoms with Crippen molar-refractivity contribution in [3.63, 3.8) is 0 Å². The van der Waals surface area contributed by atoms with E-state index in [1.165, 1.54) is 0 Å². The number of hydrogen-bond acceptors (Lipinski definition) is 6. The lowest BCUT2D eigenvalue weighted by Crippen LogP contribution is -2.26. The molecule has 2 N–H and O–H groups in total. The Morgan fingerprint density at radius 2 is 1.71 bits per heavy atom. The van der Waals surface area contributed by atoms with Gasteiger partial charge in [0.05, 0.1) is 5.52 Å². The first-order valence-corrected chi connectivity index (χ1v) is 11.4. The number of carboxylic acids is 1. The van der Waals surface area contributed by atoms with Crippen LogP contribution in [0.3, 0.4) is 0 Å². The first kappa shape index (κ1) is 22.2. The number of aromatic amines is 1. The summed E-state index contributed by atoms with van der Waals surface area (Å²) < 4.78 is 0. The zero-order valence-corrected chi connectivity index (χ0v) is 19.2. The summed E-state index contributed by atoms with van der Waals surface area (Å²) in [6.07, 6.45) is 0.865. The molecular formula is C27H24N6O2. The second-order valence-corrected chi connectivity index (χ2v) is 8.27. The van der Waals surface area contributed by atoms with Crippen molar-refractivity contribution in [3.8, 4) is 22.5 Å². The molecule has 0 saturated carbocycles. The van der Waals surface area contributed by atoms with Gasteiger partial charge in [-0.3, -0.25) is 0 Å². The van der Waals surface area contributed by atoms with Crippen LogP contribution in [-0.4, -0.2) is 43.2 Å². The largest absolute Gasteiger partial charge is 0.478 e. The predicted molar refractivity (Wildman–Crippen MR) is 135 cm³/mol. The fourth-order valence-electron chi connectivity index (χ4n) is 4.26. The normalized spacial score (nSPS) is 11.0. The number of carbonyl (C=O) groups is 1. The summed E-state index contributed by atoms with van der Waals surface area (Å²) in [6, 6.07) is 25.5. The van der Waals surface area contributed by atoms with E-state index in [0.717, 1.165) is 39.6 Å². The van der Waals surface area contributed by atoms with E-state index in [4.69, 9.17) is 4.98 Å². The lowest BCUT2D eigenvalue weighted by atomic mass is 9.98. The molecule has 8 heteroatoms. The van der Waals surface area contributed by atoms with Gasteiger partial charge in [-0.15, -0.1) is 5.10 Å². The van der Waals surface area contributed by atoms with Gasteiger partial charge in [-0.05, 0) is 45.7 Å². The topological polar surface area (TPSA) is 108 Å². The Balaban J connectivity index is 1.47. The summed E-state index contributed by atoms with van der Waals surface area (Å²) in [5, 5.41) is 25.0. The first-order chi connectivity index (χ1) is 17.1. The lowest BCUT2D eigenvalue weighted by Gasteiger charge is -2.25. The lowest BCUT2D eigenvalue weighted by molar-refractivity contribution is 0.0697. The minimum Gasteiger partial charge on any atom is -0.478 e. The highest BCUT2D eigenvalue weighted by Crippen LogP contribution is 2.30. The van der Waals surface area contributed by atoms with Crippen LogP contribution >= 0.6 is 0 Å². The van der Waals surface area contributed by atoms with Gasteiger partial charge in [0.2, 0.25) is 0 Å². The number of pyridine rings is 1. The molecule has 174 valence electrons. The van der Waals surface area contributed by atoms with E-state index in [0.29, 0.717) is 24.7 Å². The second kappa shape index (κ2) is 9.72. The van der Waals surface area contributed by atoms with Gasteiger partial charge in [-0.25, -0.2) is 14.9 Å². The molecule has 5 rings (SSSR count). The van der Waals surface area contributed by atoms with Gasteiger partial charge in [0.1, 0.15) is 11.4 Å². The van der Waals surface area contributed by atoms with Crippen molar-refractivity contribution < 1.29 is 9.90 Å². The molecule has 0 aliphatic rings. The predicted octanol–water partition coefficient (Wildman–Crippen LogP) is 5.20. The van der Waals surface area contributed by atoms with Crippen LogP contribution in [0.1, 0.15) is 29.3 Å². The SMILES string of the molecule is CCCN(Cc1ccc(-c2ccccc2-c2nnn[nH]2)cc1)c1nc2ccccc2cc1C(=O)O. The zero-order chi connectivity index (χ0) is 24.2. The Labute approximate surface area is 202 Å². The third-order valence-corrected chi connectivity index (χ3v) is 5.89. The fraction of sp³-hybridized carbons (Fsp3) is 0.148. The van der Waals surface area contributed by atoms with Gasteiger partial charge in [0.15, 0.2) is 5.82 Å². The van der Waals surface area contributed by atoms with Crippen LogP contribution in [0.5, 0.6) is 0 Å². The van der Waals surface area contributed by atoms with E-state index in [1.54, 1.807) is 6.07 Å². The average Bonchev–Trinajstić information content (AvgIpc) is 3.43. The number of benzene rings is 3. The molecule has 8 nitrogen and oxygen atoms in total. The number of H-pyrrole nitrogens is 1. The monoisotopic (exact) mass is 464 g/mol. The van der Waals surface area contributed by atoms with E-state index in [2.05, 4.69) is 51.8 Å². The number of carboxylic acid groups (broad SMARTS) is 1. The van der Waals surface area contributed by atoms with Crippen LogP contribution in [0.4, 0.5) is 5.82 Å². The number of nitrogens with one attached hydrogen (secondary N) is 1. The summed E-state index contributed by atoms with van der Waals surface area (Å²) in [6.45, 7) is 3.31. The van der Waals surface area contributed by atoms with Crippen molar-refractivity contribution in [1.82, 2.24) is 25.6 Å². The summed E-state index contributed by atoms with van der Waals surface area (Å²) in [5.41, 5.74) is 5.03. The molecule has 35 heavy (non-hydrogen) atoms. The van der Waals surface area contributed by atoms with Crippen LogP contribution in [0, 0.1) is 0 Å². The van der Waals surface area contributed by atoms with Gasteiger partial charge in [-0.2, -0.15) is 0 Å². The molecule has 0 bridgehead atoms. The maximum absolute atomic E-state index is 12.1. The molecule has 0 aliphatic carbocycles. The number of fused-ring (bicyclic) bond motifs is 1. The molecule has 0 unspecified atom stereocenters. The van der Waals surface area contributed by atoms with E-state index in [1.807, 2.05) is 53.4 Å². The number of para-hydroxylation sites is 1. The summed E-state index contributed by atoms with van der Waals surface area (Å²) >= 11 is 0. The van der Waals surface area contributed by atoms with E-state index < -0.39 is 5.97 Å². The number of nitrogens with zero attached hydrogens (tertiary/aromatic N) is 5. The van der Waals surface area contributed by atoms with Crippen LogP contribution in [0.2, 0.25) is 0 Å². The van der Waals surface area contributed by atoms with Crippen molar-refractivity contribution in [2.45, 2.75) is 19.9 Å². The zero-order valence-electron chi connectivity index (χ0n) is 19.2. The average molecular weight is 465 g/mol. The number of anilines is 1. The maximum Gasteiger partial charge on any atom is 0.339 e. The molecule has 0 amide bonds. The minimum absolute atomic E-state index is 0.211. The third kappa shape index (κ3) is 4.59. The standard InChI is InChI=1S/C27H24N6O2/c1-2-15-33(26-23(27(34)35)16-20-7-3-6-10-24(20)28-26)17-18-11-13-19(14-12-18)21-8-4-5-9-22(21)25-29-31-32-30-25/h3-14,16H,2,15,17H2,1H3,(H,34,35)(H,29,30,31,32). The smallest absolute Gasteiger partial charge is 0.339 e. The van der Waals surface area contributed by atoms with Crippen molar-refractivity contribution in [2.24, 2.45) is 0 Å².